The van der Waals surface area contributed by atoms with Gasteiger partial charge in [-0.2, -0.15) is 9.78 Å². The molecule has 1 amide bonds. The van der Waals surface area contributed by atoms with Gasteiger partial charge in [-0.1, -0.05) is 35.9 Å². The molecule has 9 heteroatoms. The highest BCUT2D eigenvalue weighted by atomic mass is 35.5. The fourth-order valence-electron chi connectivity index (χ4n) is 3.87. The largest absolute Gasteiger partial charge is 0.497 e. The van der Waals surface area contributed by atoms with E-state index in [1.807, 2.05) is 40.1 Å². The monoisotopic (exact) mass is 468 g/mol. The number of aromatic nitrogens is 2. The van der Waals surface area contributed by atoms with Crippen LogP contribution in [0.5, 0.6) is 11.5 Å². The van der Waals surface area contributed by atoms with E-state index in [4.69, 9.17) is 21.1 Å². The first-order valence-electron chi connectivity index (χ1n) is 10.6. The number of nitrogens with zero attached hydrogens (tertiary/aromatic N) is 4. The van der Waals surface area contributed by atoms with E-state index in [9.17, 15) is 9.59 Å². The van der Waals surface area contributed by atoms with Crippen molar-refractivity contribution >= 4 is 23.2 Å². The highest BCUT2D eigenvalue weighted by Gasteiger charge is 2.25. The molecule has 0 N–H and O–H groups in total. The molecule has 4 rings (SSSR count). The summed E-state index contributed by atoms with van der Waals surface area (Å²) in [4.78, 5) is 29.5. The first-order valence-corrected chi connectivity index (χ1v) is 11.0. The summed E-state index contributed by atoms with van der Waals surface area (Å²) in [5, 5.41) is 4.42. The molecule has 1 aromatic heterocycles. The normalized spacial score (nSPS) is 13.7. The molecule has 1 aliphatic rings. The SMILES string of the molecule is COc1ccc(CC(=O)N2CCN(c3cnn(-c4ccccc4)c(=O)c3Cl)CC2)c(OC)c1. The maximum atomic E-state index is 12.9. The molecule has 1 fully saturated rings. The van der Waals surface area contributed by atoms with Crippen LogP contribution in [0.3, 0.4) is 0 Å². The van der Waals surface area contributed by atoms with E-state index >= 15 is 0 Å². The lowest BCUT2D eigenvalue weighted by Gasteiger charge is -2.36. The third-order valence-corrected chi connectivity index (χ3v) is 6.07. The minimum absolute atomic E-state index is 0.0156. The van der Waals surface area contributed by atoms with Crippen molar-refractivity contribution < 1.29 is 14.3 Å². The summed E-state index contributed by atoms with van der Waals surface area (Å²) >= 11 is 6.43. The molecule has 172 valence electrons. The fraction of sp³-hybridized carbons (Fsp3) is 0.292. The predicted molar refractivity (Wildman–Crippen MR) is 127 cm³/mol. The van der Waals surface area contributed by atoms with Crippen LogP contribution in [0.15, 0.2) is 59.5 Å². The number of carbonyl (C=O) groups is 1. The first kappa shape index (κ1) is 22.7. The number of carbonyl (C=O) groups excluding carboxylic acids is 1. The van der Waals surface area contributed by atoms with E-state index in [0.717, 1.165) is 5.56 Å². The van der Waals surface area contributed by atoms with Crippen molar-refractivity contribution in [2.24, 2.45) is 0 Å². The van der Waals surface area contributed by atoms with Crippen LogP contribution in [0.1, 0.15) is 5.56 Å². The number of hydrogen-bond acceptors (Lipinski definition) is 6. The second-order valence-electron chi connectivity index (χ2n) is 7.62. The Morgan fingerprint density at radius 2 is 1.76 bits per heavy atom. The number of piperazine rings is 1. The lowest BCUT2D eigenvalue weighted by atomic mass is 10.1. The van der Waals surface area contributed by atoms with Crippen molar-refractivity contribution in [1.29, 1.82) is 0 Å². The molecule has 0 aliphatic carbocycles. The third kappa shape index (κ3) is 4.80. The van der Waals surface area contributed by atoms with Crippen LogP contribution < -0.4 is 19.9 Å². The van der Waals surface area contributed by atoms with Gasteiger partial charge in [-0.25, -0.2) is 0 Å². The summed E-state index contributed by atoms with van der Waals surface area (Å²) in [6.45, 7) is 2.16. The zero-order chi connectivity index (χ0) is 23.4. The summed E-state index contributed by atoms with van der Waals surface area (Å²) in [6.07, 6.45) is 1.85. The van der Waals surface area contributed by atoms with E-state index in [1.54, 1.807) is 38.6 Å². The molecule has 1 aliphatic heterocycles. The van der Waals surface area contributed by atoms with Gasteiger partial charge in [-0.3, -0.25) is 9.59 Å². The van der Waals surface area contributed by atoms with Gasteiger partial charge in [-0.15, -0.1) is 0 Å². The van der Waals surface area contributed by atoms with Crippen LogP contribution in [0, 0.1) is 0 Å². The number of anilines is 1. The lowest BCUT2D eigenvalue weighted by Crippen LogP contribution is -2.49. The van der Waals surface area contributed by atoms with Crippen LogP contribution in [0.2, 0.25) is 5.02 Å². The van der Waals surface area contributed by atoms with Gasteiger partial charge in [0.2, 0.25) is 5.91 Å². The Morgan fingerprint density at radius 1 is 1.03 bits per heavy atom. The molecule has 0 atom stereocenters. The number of benzene rings is 2. The molecule has 8 nitrogen and oxygen atoms in total. The van der Waals surface area contributed by atoms with Gasteiger partial charge in [0.15, 0.2) is 0 Å². The lowest BCUT2D eigenvalue weighted by molar-refractivity contribution is -0.130. The Balaban J connectivity index is 1.42. The Kier molecular flexibility index (Phi) is 6.84. The van der Waals surface area contributed by atoms with Crippen LogP contribution >= 0.6 is 11.6 Å². The van der Waals surface area contributed by atoms with Crippen molar-refractivity contribution in [3.8, 4) is 17.2 Å². The van der Waals surface area contributed by atoms with Crippen molar-refractivity contribution in [1.82, 2.24) is 14.7 Å². The molecule has 2 aromatic carbocycles. The Bertz CT molecular complexity index is 1190. The van der Waals surface area contributed by atoms with Gasteiger partial charge < -0.3 is 19.3 Å². The topological polar surface area (TPSA) is 76.9 Å². The van der Waals surface area contributed by atoms with Crippen LogP contribution in [0.25, 0.3) is 5.69 Å². The maximum Gasteiger partial charge on any atom is 0.292 e. The highest BCUT2D eigenvalue weighted by Crippen LogP contribution is 2.26. The number of para-hydroxylation sites is 1. The second kappa shape index (κ2) is 9.95. The zero-order valence-corrected chi connectivity index (χ0v) is 19.3. The van der Waals surface area contributed by atoms with Gasteiger partial charge >= 0.3 is 0 Å². The maximum absolute atomic E-state index is 12.9. The summed E-state index contributed by atoms with van der Waals surface area (Å²) in [5.41, 5.74) is 1.67. The number of hydrogen-bond donors (Lipinski definition) is 0. The Morgan fingerprint density at radius 3 is 2.42 bits per heavy atom. The van der Waals surface area contributed by atoms with Crippen LogP contribution in [-0.2, 0) is 11.2 Å². The quantitative estimate of drug-likeness (QED) is 0.553. The molecule has 33 heavy (non-hydrogen) atoms. The molecule has 3 aromatic rings. The fourth-order valence-corrected chi connectivity index (χ4v) is 4.12. The predicted octanol–water partition coefficient (Wildman–Crippen LogP) is 2.79. The van der Waals surface area contributed by atoms with E-state index < -0.39 is 0 Å². The number of amides is 1. The molecule has 2 heterocycles. The summed E-state index contributed by atoms with van der Waals surface area (Å²) in [7, 11) is 3.16. The summed E-state index contributed by atoms with van der Waals surface area (Å²) < 4.78 is 11.9. The Hall–Kier alpha value is -3.52. The number of methoxy groups -OCH3 is 2. The first-order chi connectivity index (χ1) is 16.0. The van der Waals surface area contributed by atoms with Crippen LogP contribution in [0.4, 0.5) is 5.69 Å². The van der Waals surface area contributed by atoms with Gasteiger partial charge in [0, 0.05) is 37.8 Å². The average Bonchev–Trinajstić information content (AvgIpc) is 2.86. The Labute approximate surface area is 196 Å². The number of halogens is 1. The van der Waals surface area contributed by atoms with Gasteiger partial charge in [0.25, 0.3) is 5.56 Å². The molecule has 0 spiro atoms. The third-order valence-electron chi connectivity index (χ3n) is 5.71. The highest BCUT2D eigenvalue weighted by molar-refractivity contribution is 6.33. The van der Waals surface area contributed by atoms with Crippen LogP contribution in [-0.4, -0.2) is 61.0 Å². The molecular weight excluding hydrogens is 444 g/mol. The van der Waals surface area contributed by atoms with Crippen molar-refractivity contribution in [2.75, 3.05) is 45.3 Å². The number of rotatable bonds is 6. The standard InChI is InChI=1S/C24H25ClN4O4/c1-32-19-9-8-17(21(15-19)33-2)14-22(30)28-12-10-27(11-13-28)20-16-26-29(24(31)23(20)25)18-6-4-3-5-7-18/h3-9,15-16H,10-14H2,1-2H3. The molecule has 0 radical (unpaired) electrons. The van der Waals surface area contributed by atoms with E-state index in [2.05, 4.69) is 5.10 Å². The smallest absolute Gasteiger partial charge is 0.292 e. The van der Waals surface area contributed by atoms with E-state index in [0.29, 0.717) is 49.1 Å². The number of ether oxygens (including phenoxy) is 2. The minimum atomic E-state index is -0.370. The van der Waals surface area contributed by atoms with Crippen molar-refractivity contribution in [3.63, 3.8) is 0 Å². The van der Waals surface area contributed by atoms with Gasteiger partial charge in [-0.05, 0) is 18.2 Å². The van der Waals surface area contributed by atoms with Gasteiger partial charge in [0.05, 0.1) is 38.2 Å². The van der Waals surface area contributed by atoms with Crippen molar-refractivity contribution in [2.45, 2.75) is 6.42 Å². The molecule has 1 saturated heterocycles. The summed E-state index contributed by atoms with van der Waals surface area (Å²) in [5.74, 6) is 1.32. The minimum Gasteiger partial charge on any atom is -0.497 e. The molecule has 0 bridgehead atoms. The molecular formula is C24H25ClN4O4. The van der Waals surface area contributed by atoms with Crippen molar-refractivity contribution in [3.05, 3.63) is 75.7 Å². The molecule has 0 saturated carbocycles. The molecule has 0 unspecified atom stereocenters. The van der Waals surface area contributed by atoms with E-state index in [1.165, 1.54) is 4.68 Å². The van der Waals surface area contributed by atoms with Gasteiger partial charge in [0.1, 0.15) is 16.5 Å². The summed E-state index contributed by atoms with van der Waals surface area (Å²) in [6, 6.07) is 14.6. The van der Waals surface area contributed by atoms with E-state index in [-0.39, 0.29) is 22.9 Å². The average molecular weight is 469 g/mol. The second-order valence-corrected chi connectivity index (χ2v) is 8.00. The zero-order valence-electron chi connectivity index (χ0n) is 18.5.